The van der Waals surface area contributed by atoms with E-state index in [1.807, 2.05) is 12.1 Å². The lowest BCUT2D eigenvalue weighted by atomic mass is 9.93. The van der Waals surface area contributed by atoms with Gasteiger partial charge in [-0.1, -0.05) is 48.5 Å². The Morgan fingerprint density at radius 3 is 1.95 bits per heavy atom. The normalized spacial score (nSPS) is 11.3. The van der Waals surface area contributed by atoms with Crippen LogP contribution in [0.3, 0.4) is 0 Å². The van der Waals surface area contributed by atoms with Gasteiger partial charge in [0.05, 0.1) is 6.21 Å². The zero-order valence-corrected chi connectivity index (χ0v) is 12.4. The minimum Gasteiger partial charge on any atom is -0.375 e. The highest BCUT2D eigenvalue weighted by molar-refractivity contribution is 7.80. The minimum absolute atomic E-state index is 0.159. The number of nitrogens with one attached hydrogen (secondary N) is 1. The Hall–Kier alpha value is -2.46. The first-order valence-corrected chi connectivity index (χ1v) is 7.08. The second kappa shape index (κ2) is 5.50. The summed E-state index contributed by atoms with van der Waals surface area (Å²) in [5, 5.41) is 9.09. The van der Waals surface area contributed by atoms with Crippen molar-refractivity contribution in [1.29, 1.82) is 0 Å². The van der Waals surface area contributed by atoms with Gasteiger partial charge in [0.25, 0.3) is 0 Å². The summed E-state index contributed by atoms with van der Waals surface area (Å²) in [6.45, 7) is 2.15. The van der Waals surface area contributed by atoms with Gasteiger partial charge in [0.2, 0.25) is 0 Å². The maximum atomic E-state index is 5.41. The van der Waals surface area contributed by atoms with Crippen molar-refractivity contribution in [2.45, 2.75) is 6.92 Å². The molecule has 0 heterocycles. The van der Waals surface area contributed by atoms with Gasteiger partial charge in [0.1, 0.15) is 0 Å². The van der Waals surface area contributed by atoms with Gasteiger partial charge in [-0.25, -0.2) is 0 Å². The number of fused-ring (bicyclic) bond motifs is 2. The van der Waals surface area contributed by atoms with Crippen LogP contribution in [0.1, 0.15) is 11.1 Å². The number of hydrogen-bond donors (Lipinski definition) is 2. The fourth-order valence-electron chi connectivity index (χ4n) is 2.68. The summed E-state index contributed by atoms with van der Waals surface area (Å²) in [4.78, 5) is 0. The van der Waals surface area contributed by atoms with Crippen LogP contribution in [0.5, 0.6) is 0 Å². The van der Waals surface area contributed by atoms with Gasteiger partial charge in [-0.2, -0.15) is 5.10 Å². The smallest absolute Gasteiger partial charge is 0.184 e. The number of nitrogens with zero attached hydrogens (tertiary/aromatic N) is 1. The second-order valence-corrected chi connectivity index (χ2v) is 5.30. The molecule has 3 aromatic carbocycles. The molecule has 3 aromatic rings. The van der Waals surface area contributed by atoms with Crippen molar-refractivity contribution in [3.05, 3.63) is 59.7 Å². The van der Waals surface area contributed by atoms with Crippen molar-refractivity contribution < 1.29 is 0 Å². The number of benzene rings is 3. The van der Waals surface area contributed by atoms with Crippen molar-refractivity contribution in [3.63, 3.8) is 0 Å². The summed E-state index contributed by atoms with van der Waals surface area (Å²) >= 11 is 4.78. The third kappa shape index (κ3) is 2.45. The van der Waals surface area contributed by atoms with Crippen molar-refractivity contribution in [1.82, 2.24) is 5.43 Å². The molecular formula is C17H15N3S. The maximum absolute atomic E-state index is 5.41. The van der Waals surface area contributed by atoms with Crippen molar-refractivity contribution in [2.24, 2.45) is 10.8 Å². The monoisotopic (exact) mass is 293 g/mol. The first kappa shape index (κ1) is 13.5. The van der Waals surface area contributed by atoms with Crippen LogP contribution in [0, 0.1) is 6.92 Å². The SMILES string of the molecule is Cc1c2ccccc2c(/C=N\NC(N)=S)c2ccccc12. The molecule has 3 nitrogen and oxygen atoms in total. The molecule has 0 saturated heterocycles. The van der Waals surface area contributed by atoms with E-state index in [1.54, 1.807) is 6.21 Å². The topological polar surface area (TPSA) is 50.4 Å². The molecule has 0 aliphatic rings. The van der Waals surface area contributed by atoms with E-state index in [0.29, 0.717) is 0 Å². The number of hydrazone groups is 1. The van der Waals surface area contributed by atoms with Crippen LogP contribution in [-0.4, -0.2) is 11.3 Å². The summed E-state index contributed by atoms with van der Waals surface area (Å²) in [5.41, 5.74) is 10.4. The van der Waals surface area contributed by atoms with E-state index in [1.165, 1.54) is 27.1 Å². The van der Waals surface area contributed by atoms with E-state index in [4.69, 9.17) is 18.0 Å². The molecule has 104 valence electrons. The minimum atomic E-state index is 0.159. The first-order chi connectivity index (χ1) is 10.2. The standard InChI is InChI=1S/C17H15N3S/c1-11-12-6-2-4-8-14(12)16(10-19-20-17(18)21)15-9-5-3-7-13(11)15/h2-10H,1H3,(H3,18,20,21)/b19-10-. The molecule has 21 heavy (non-hydrogen) atoms. The molecule has 0 spiro atoms. The van der Waals surface area contributed by atoms with E-state index >= 15 is 0 Å². The fourth-order valence-corrected chi connectivity index (χ4v) is 2.73. The summed E-state index contributed by atoms with van der Waals surface area (Å²) in [7, 11) is 0. The molecule has 3 N–H and O–H groups in total. The van der Waals surface area contributed by atoms with Crippen LogP contribution in [0.2, 0.25) is 0 Å². The van der Waals surface area contributed by atoms with Gasteiger partial charge >= 0.3 is 0 Å². The van der Waals surface area contributed by atoms with Crippen LogP contribution in [-0.2, 0) is 0 Å². The van der Waals surface area contributed by atoms with Gasteiger partial charge < -0.3 is 5.73 Å². The van der Waals surface area contributed by atoms with Crippen LogP contribution >= 0.6 is 12.2 Å². The summed E-state index contributed by atoms with van der Waals surface area (Å²) in [5.74, 6) is 0. The number of rotatable bonds is 2. The zero-order chi connectivity index (χ0) is 14.8. The number of nitrogens with two attached hydrogens (primary N) is 1. The molecule has 0 aliphatic heterocycles. The van der Waals surface area contributed by atoms with Crippen molar-refractivity contribution >= 4 is 45.1 Å². The van der Waals surface area contributed by atoms with Crippen LogP contribution in [0.15, 0.2) is 53.6 Å². The van der Waals surface area contributed by atoms with Gasteiger partial charge in [0, 0.05) is 5.56 Å². The molecule has 0 atom stereocenters. The highest BCUT2D eigenvalue weighted by Crippen LogP contribution is 2.31. The van der Waals surface area contributed by atoms with Crippen LogP contribution in [0.25, 0.3) is 21.5 Å². The molecule has 4 heteroatoms. The predicted octanol–water partition coefficient (Wildman–Crippen LogP) is 3.47. The van der Waals surface area contributed by atoms with Gasteiger partial charge in [-0.15, -0.1) is 0 Å². The molecular weight excluding hydrogens is 278 g/mol. The summed E-state index contributed by atoms with van der Waals surface area (Å²) < 4.78 is 0. The lowest BCUT2D eigenvalue weighted by Crippen LogP contribution is -2.24. The molecule has 0 aliphatic carbocycles. The maximum Gasteiger partial charge on any atom is 0.184 e. The average molecular weight is 293 g/mol. The van der Waals surface area contributed by atoms with E-state index in [-0.39, 0.29) is 5.11 Å². The quantitative estimate of drug-likeness (QED) is 0.329. The second-order valence-electron chi connectivity index (χ2n) is 4.86. The van der Waals surface area contributed by atoms with Gasteiger partial charge in [-0.05, 0) is 46.2 Å². The van der Waals surface area contributed by atoms with E-state index in [9.17, 15) is 0 Å². The Kier molecular flexibility index (Phi) is 3.54. The summed E-state index contributed by atoms with van der Waals surface area (Å²) in [6, 6.07) is 16.7. The van der Waals surface area contributed by atoms with E-state index < -0.39 is 0 Å². The average Bonchev–Trinajstić information content (AvgIpc) is 2.50. The zero-order valence-electron chi connectivity index (χ0n) is 11.6. The Bertz CT molecular complexity index is 811. The molecule has 0 bridgehead atoms. The molecule has 0 radical (unpaired) electrons. The summed E-state index contributed by atoms with van der Waals surface area (Å²) in [6.07, 6.45) is 1.78. The highest BCUT2D eigenvalue weighted by Gasteiger charge is 2.09. The Morgan fingerprint density at radius 2 is 1.48 bits per heavy atom. The molecule has 0 unspecified atom stereocenters. The van der Waals surface area contributed by atoms with Crippen LogP contribution in [0.4, 0.5) is 0 Å². The van der Waals surface area contributed by atoms with Crippen molar-refractivity contribution in [2.75, 3.05) is 0 Å². The lowest BCUT2D eigenvalue weighted by molar-refractivity contribution is 1.04. The van der Waals surface area contributed by atoms with Gasteiger partial charge in [-0.3, -0.25) is 5.43 Å². The molecule has 0 saturated carbocycles. The third-order valence-corrected chi connectivity index (χ3v) is 3.70. The highest BCUT2D eigenvalue weighted by atomic mass is 32.1. The van der Waals surface area contributed by atoms with Crippen molar-refractivity contribution in [3.8, 4) is 0 Å². The Morgan fingerprint density at radius 1 is 1.00 bits per heavy atom. The molecule has 0 amide bonds. The molecule has 3 rings (SSSR count). The largest absolute Gasteiger partial charge is 0.375 e. The Balaban J connectivity index is 2.34. The third-order valence-electron chi connectivity index (χ3n) is 3.61. The predicted molar refractivity (Wildman–Crippen MR) is 93.7 cm³/mol. The molecule has 0 fully saturated rings. The molecule has 0 aromatic heterocycles. The number of hydrogen-bond acceptors (Lipinski definition) is 2. The lowest BCUT2D eigenvalue weighted by Gasteiger charge is -2.11. The number of thiocarbonyl (C=S) groups is 1. The van der Waals surface area contributed by atoms with Gasteiger partial charge in [0.15, 0.2) is 5.11 Å². The van der Waals surface area contributed by atoms with E-state index in [0.717, 1.165) is 5.56 Å². The van der Waals surface area contributed by atoms with E-state index in [2.05, 4.69) is 53.8 Å². The number of aryl methyl sites for hydroxylation is 1. The fraction of sp³-hybridized carbons (Fsp3) is 0.0588. The van der Waals surface area contributed by atoms with Crippen LogP contribution < -0.4 is 11.2 Å². The first-order valence-electron chi connectivity index (χ1n) is 6.67. The Labute approximate surface area is 128 Å².